The molecule has 0 radical (unpaired) electrons. The fourth-order valence-corrected chi connectivity index (χ4v) is 3.73. The van der Waals surface area contributed by atoms with E-state index in [4.69, 9.17) is 0 Å². The first-order valence-electron chi connectivity index (χ1n) is 9.88. The highest BCUT2D eigenvalue weighted by atomic mass is 16.4. The Morgan fingerprint density at radius 1 is 0.643 bits per heavy atom. The lowest BCUT2D eigenvalue weighted by molar-refractivity contribution is 0.301. The molecule has 0 unspecified atom stereocenters. The molecular weight excluding hydrogens is 348 g/mol. The number of nitrogens with zero attached hydrogens (tertiary/aromatic N) is 2. The first-order chi connectivity index (χ1) is 13.3. The van der Waals surface area contributed by atoms with Crippen LogP contribution in [0.4, 0.5) is 0 Å². The van der Waals surface area contributed by atoms with E-state index in [1.807, 2.05) is 60.7 Å². The number of rotatable bonds is 9. The second-order valence-electron chi connectivity index (χ2n) is 8.60. The standard InChI is InChI=1S/C24H32N2O2/c1-23(2,21(25-27)19-13-7-5-8-14-19)17-11-12-18-24(3,4)22(26-28)20-15-9-6-10-16-20/h5-10,13-16,27-28H,11-12,17-18H2,1-4H3/b25-21-,26-22+. The average Bonchev–Trinajstić information content (AvgIpc) is 2.68. The first kappa shape index (κ1) is 21.7. The fourth-order valence-electron chi connectivity index (χ4n) is 3.73. The molecule has 150 valence electrons. The average molecular weight is 381 g/mol. The Kier molecular flexibility index (Phi) is 7.38. The topological polar surface area (TPSA) is 65.2 Å². The van der Waals surface area contributed by atoms with Crippen LogP contribution in [0, 0.1) is 10.8 Å². The van der Waals surface area contributed by atoms with Crippen LogP contribution in [-0.4, -0.2) is 21.8 Å². The molecule has 28 heavy (non-hydrogen) atoms. The highest BCUT2D eigenvalue weighted by molar-refractivity contribution is 6.04. The van der Waals surface area contributed by atoms with Crippen molar-refractivity contribution in [2.45, 2.75) is 53.4 Å². The zero-order valence-electron chi connectivity index (χ0n) is 17.4. The smallest absolute Gasteiger partial charge is 0.0923 e. The van der Waals surface area contributed by atoms with Crippen LogP contribution in [0.1, 0.15) is 64.5 Å². The Bertz CT molecular complexity index is 724. The Labute approximate surface area is 168 Å². The number of hydrogen-bond donors (Lipinski definition) is 2. The summed E-state index contributed by atoms with van der Waals surface area (Å²) in [7, 11) is 0. The van der Waals surface area contributed by atoms with Gasteiger partial charge in [-0.15, -0.1) is 0 Å². The second-order valence-corrected chi connectivity index (χ2v) is 8.60. The van der Waals surface area contributed by atoms with Crippen molar-refractivity contribution in [1.29, 1.82) is 0 Å². The van der Waals surface area contributed by atoms with E-state index in [1.165, 1.54) is 0 Å². The van der Waals surface area contributed by atoms with Gasteiger partial charge >= 0.3 is 0 Å². The predicted molar refractivity (Wildman–Crippen MR) is 116 cm³/mol. The van der Waals surface area contributed by atoms with Gasteiger partial charge in [0.25, 0.3) is 0 Å². The van der Waals surface area contributed by atoms with Crippen LogP contribution >= 0.6 is 0 Å². The number of oxime groups is 2. The summed E-state index contributed by atoms with van der Waals surface area (Å²) in [5.41, 5.74) is 2.88. The van der Waals surface area contributed by atoms with Crippen molar-refractivity contribution in [1.82, 2.24) is 0 Å². The van der Waals surface area contributed by atoms with E-state index in [-0.39, 0.29) is 10.8 Å². The minimum Gasteiger partial charge on any atom is -0.411 e. The second kappa shape index (κ2) is 9.54. The van der Waals surface area contributed by atoms with Crippen molar-refractivity contribution < 1.29 is 10.4 Å². The highest BCUT2D eigenvalue weighted by Crippen LogP contribution is 2.33. The molecule has 0 fully saturated rings. The fraction of sp³-hybridized carbons (Fsp3) is 0.417. The van der Waals surface area contributed by atoms with E-state index < -0.39 is 0 Å². The van der Waals surface area contributed by atoms with Crippen LogP contribution in [0.3, 0.4) is 0 Å². The molecule has 0 bridgehead atoms. The van der Waals surface area contributed by atoms with Crippen molar-refractivity contribution in [3.05, 3.63) is 71.8 Å². The van der Waals surface area contributed by atoms with Gasteiger partial charge in [0.1, 0.15) is 0 Å². The van der Waals surface area contributed by atoms with Crippen LogP contribution in [0.5, 0.6) is 0 Å². The van der Waals surface area contributed by atoms with Gasteiger partial charge in [-0.05, 0) is 24.0 Å². The number of benzene rings is 2. The number of hydrogen-bond acceptors (Lipinski definition) is 4. The zero-order valence-corrected chi connectivity index (χ0v) is 17.4. The van der Waals surface area contributed by atoms with Crippen molar-refractivity contribution in [3.8, 4) is 0 Å². The minimum atomic E-state index is -0.229. The molecule has 0 spiro atoms. The maximum Gasteiger partial charge on any atom is 0.0923 e. The molecule has 4 nitrogen and oxygen atoms in total. The van der Waals surface area contributed by atoms with Gasteiger partial charge in [0.2, 0.25) is 0 Å². The Hall–Kier alpha value is -2.62. The molecular formula is C24H32N2O2. The Morgan fingerprint density at radius 2 is 0.964 bits per heavy atom. The van der Waals surface area contributed by atoms with E-state index in [0.717, 1.165) is 36.8 Å². The summed E-state index contributed by atoms with van der Waals surface area (Å²) in [4.78, 5) is 0. The van der Waals surface area contributed by atoms with Crippen LogP contribution in [0.15, 0.2) is 71.0 Å². The molecule has 2 rings (SSSR count). The number of unbranched alkanes of at least 4 members (excludes halogenated alkanes) is 1. The normalized spacial score (nSPS) is 13.6. The third-order valence-corrected chi connectivity index (χ3v) is 5.43. The SMILES string of the molecule is CC(C)(CCCCC(C)(C)/C(=N\O)c1ccccc1)/C(=N/O)c1ccccc1. The molecule has 0 aliphatic carbocycles. The largest absolute Gasteiger partial charge is 0.411 e. The summed E-state index contributed by atoms with van der Waals surface area (Å²) in [5, 5.41) is 26.4. The van der Waals surface area contributed by atoms with Crippen LogP contribution < -0.4 is 0 Å². The molecule has 2 N–H and O–H groups in total. The zero-order chi connectivity index (χ0) is 20.6. The van der Waals surface area contributed by atoms with Gasteiger partial charge < -0.3 is 10.4 Å². The van der Waals surface area contributed by atoms with Crippen LogP contribution in [-0.2, 0) is 0 Å². The maximum atomic E-state index is 9.58. The summed E-state index contributed by atoms with van der Waals surface area (Å²) in [5.74, 6) is 0. The lowest BCUT2D eigenvalue weighted by atomic mass is 9.76. The van der Waals surface area contributed by atoms with Crippen molar-refractivity contribution in [3.63, 3.8) is 0 Å². The molecule has 0 atom stereocenters. The summed E-state index contributed by atoms with van der Waals surface area (Å²) < 4.78 is 0. The molecule has 0 heterocycles. The lowest BCUT2D eigenvalue weighted by Crippen LogP contribution is -2.27. The van der Waals surface area contributed by atoms with Gasteiger partial charge in [0.15, 0.2) is 0 Å². The van der Waals surface area contributed by atoms with Crippen molar-refractivity contribution in [2.24, 2.45) is 21.1 Å². The summed E-state index contributed by atoms with van der Waals surface area (Å²) >= 11 is 0. The quantitative estimate of drug-likeness (QED) is 0.230. The van der Waals surface area contributed by atoms with Crippen LogP contribution in [0.2, 0.25) is 0 Å². The van der Waals surface area contributed by atoms with Gasteiger partial charge in [0.05, 0.1) is 11.4 Å². The first-order valence-corrected chi connectivity index (χ1v) is 9.88. The van der Waals surface area contributed by atoms with E-state index >= 15 is 0 Å². The summed E-state index contributed by atoms with van der Waals surface area (Å²) in [6.45, 7) is 8.46. The Balaban J connectivity index is 1.97. The molecule has 4 heteroatoms. The monoisotopic (exact) mass is 380 g/mol. The van der Waals surface area contributed by atoms with E-state index in [1.54, 1.807) is 0 Å². The molecule has 0 amide bonds. The van der Waals surface area contributed by atoms with E-state index in [0.29, 0.717) is 11.4 Å². The predicted octanol–water partition coefficient (Wildman–Crippen LogP) is 6.36. The summed E-state index contributed by atoms with van der Waals surface area (Å²) in [6.07, 6.45) is 3.81. The van der Waals surface area contributed by atoms with Gasteiger partial charge in [0, 0.05) is 10.8 Å². The molecule has 0 aromatic heterocycles. The molecule has 0 aliphatic heterocycles. The van der Waals surface area contributed by atoms with Gasteiger partial charge in [-0.25, -0.2) is 0 Å². The third-order valence-electron chi connectivity index (χ3n) is 5.43. The molecule has 0 aliphatic rings. The van der Waals surface area contributed by atoms with Gasteiger partial charge in [-0.3, -0.25) is 0 Å². The molecule has 0 saturated carbocycles. The Morgan fingerprint density at radius 3 is 1.25 bits per heavy atom. The lowest BCUT2D eigenvalue weighted by Gasteiger charge is -2.28. The molecule has 0 saturated heterocycles. The minimum absolute atomic E-state index is 0.229. The van der Waals surface area contributed by atoms with Crippen LogP contribution in [0.25, 0.3) is 0 Å². The van der Waals surface area contributed by atoms with Crippen molar-refractivity contribution >= 4 is 11.4 Å². The third kappa shape index (κ3) is 5.44. The van der Waals surface area contributed by atoms with E-state index in [2.05, 4.69) is 38.0 Å². The molecule has 2 aromatic carbocycles. The van der Waals surface area contributed by atoms with Gasteiger partial charge in [-0.2, -0.15) is 0 Å². The van der Waals surface area contributed by atoms with Crippen molar-refractivity contribution in [2.75, 3.05) is 0 Å². The molecule has 2 aromatic rings. The summed E-state index contributed by atoms with van der Waals surface area (Å²) in [6, 6.07) is 19.6. The van der Waals surface area contributed by atoms with E-state index in [9.17, 15) is 10.4 Å². The maximum absolute atomic E-state index is 9.58. The highest BCUT2D eigenvalue weighted by Gasteiger charge is 2.29. The van der Waals surface area contributed by atoms with Gasteiger partial charge in [-0.1, -0.05) is 112 Å².